The molecule has 0 aliphatic heterocycles. The maximum Gasteiger partial charge on any atom is 0.388 e. The van der Waals surface area contributed by atoms with Crippen molar-refractivity contribution in [1.82, 2.24) is 9.19 Å². The normalized spacial score (nSPS) is 10.8. The second-order valence-corrected chi connectivity index (χ2v) is 3.42. The number of rotatable bonds is 3. The van der Waals surface area contributed by atoms with E-state index in [0.717, 1.165) is 9.65 Å². The molecule has 0 unspecified atom stereocenters. The summed E-state index contributed by atoms with van der Waals surface area (Å²) < 4.78 is 29.7. The maximum absolute atomic E-state index is 12.1. The Bertz CT molecular complexity index is 473. The van der Waals surface area contributed by atoms with Crippen LogP contribution < -0.4 is 4.74 Å². The Kier molecular flexibility index (Phi) is 3.09. The minimum atomic E-state index is -2.90. The van der Waals surface area contributed by atoms with Crippen LogP contribution >= 0.6 is 12.8 Å². The molecule has 1 heterocycles. The Balaban J connectivity index is 2.40. The van der Waals surface area contributed by atoms with Crippen LogP contribution in [0.4, 0.5) is 8.78 Å². The number of alkyl halides is 2. The minimum absolute atomic E-state index is 0.129. The largest absolute Gasteiger partial charge is 0.415 e. The van der Waals surface area contributed by atoms with Gasteiger partial charge in [-0.3, -0.25) is 0 Å². The van der Waals surface area contributed by atoms with Crippen LogP contribution in [0, 0.1) is 0 Å². The third-order valence-electron chi connectivity index (χ3n) is 1.95. The van der Waals surface area contributed by atoms with Crippen molar-refractivity contribution >= 4 is 12.8 Å². The zero-order chi connectivity index (χ0) is 11.5. The molecule has 0 fully saturated rings. The lowest BCUT2D eigenvalue weighted by Crippen LogP contribution is -2.03. The van der Waals surface area contributed by atoms with Gasteiger partial charge in [-0.1, -0.05) is 30.3 Å². The number of nitrogens with zero attached hydrogens (tertiary/aromatic N) is 2. The molecule has 2 aromatic rings. The number of benzene rings is 1. The molecule has 0 saturated carbocycles. The van der Waals surface area contributed by atoms with Crippen molar-refractivity contribution in [2.24, 2.45) is 0 Å². The SMILES string of the molecule is FC(F)Oc1nn(S)cc1-c1ccccc1. The van der Waals surface area contributed by atoms with E-state index in [9.17, 15) is 8.78 Å². The van der Waals surface area contributed by atoms with Gasteiger partial charge in [0.25, 0.3) is 0 Å². The molecule has 1 aromatic carbocycles. The average molecular weight is 242 g/mol. The summed E-state index contributed by atoms with van der Waals surface area (Å²) in [5, 5.41) is 3.71. The Morgan fingerprint density at radius 3 is 2.56 bits per heavy atom. The van der Waals surface area contributed by atoms with E-state index in [1.54, 1.807) is 24.3 Å². The van der Waals surface area contributed by atoms with E-state index >= 15 is 0 Å². The summed E-state index contributed by atoms with van der Waals surface area (Å²) in [5.74, 6) is -0.129. The lowest BCUT2D eigenvalue weighted by molar-refractivity contribution is -0.0525. The molecular weight excluding hydrogens is 234 g/mol. The van der Waals surface area contributed by atoms with Crippen LogP contribution in [0.3, 0.4) is 0 Å². The van der Waals surface area contributed by atoms with Crippen LogP contribution in [0.25, 0.3) is 11.1 Å². The monoisotopic (exact) mass is 242 g/mol. The van der Waals surface area contributed by atoms with Crippen LogP contribution in [0.1, 0.15) is 0 Å². The molecule has 0 saturated heterocycles. The van der Waals surface area contributed by atoms with E-state index < -0.39 is 6.61 Å². The van der Waals surface area contributed by atoms with Crippen molar-refractivity contribution < 1.29 is 13.5 Å². The number of halogens is 2. The van der Waals surface area contributed by atoms with Crippen LogP contribution in [0.5, 0.6) is 5.88 Å². The summed E-state index contributed by atoms with van der Waals surface area (Å²) in [6, 6.07) is 9.00. The first-order chi connectivity index (χ1) is 7.66. The minimum Gasteiger partial charge on any atom is -0.415 e. The standard InChI is InChI=1S/C10H8F2N2OS/c11-10(12)15-9-8(6-14(16)13-9)7-4-2-1-3-5-7/h1-6,10,16H. The van der Waals surface area contributed by atoms with Crippen molar-refractivity contribution in [3.63, 3.8) is 0 Å². The molecule has 3 nitrogen and oxygen atoms in total. The van der Waals surface area contributed by atoms with E-state index in [1.165, 1.54) is 6.20 Å². The average Bonchev–Trinajstić information content (AvgIpc) is 2.60. The molecule has 0 bridgehead atoms. The highest BCUT2D eigenvalue weighted by Crippen LogP contribution is 2.29. The van der Waals surface area contributed by atoms with Gasteiger partial charge < -0.3 is 4.74 Å². The molecule has 2 rings (SSSR count). The number of aromatic nitrogens is 2. The summed E-state index contributed by atoms with van der Waals surface area (Å²) in [6.07, 6.45) is 1.51. The van der Waals surface area contributed by atoms with Crippen LogP contribution in [-0.2, 0) is 0 Å². The summed E-state index contributed by atoms with van der Waals surface area (Å²) in [4.78, 5) is 0. The highest BCUT2D eigenvalue weighted by Gasteiger charge is 2.15. The Labute approximate surface area is 96.2 Å². The summed E-state index contributed by atoms with van der Waals surface area (Å²) in [7, 11) is 0. The van der Waals surface area contributed by atoms with E-state index in [-0.39, 0.29) is 5.88 Å². The number of thiol groups is 1. The van der Waals surface area contributed by atoms with Gasteiger partial charge in [-0.05, 0) is 18.4 Å². The predicted molar refractivity (Wildman–Crippen MR) is 58.7 cm³/mol. The highest BCUT2D eigenvalue weighted by molar-refractivity contribution is 7.78. The second kappa shape index (κ2) is 4.52. The Morgan fingerprint density at radius 1 is 1.25 bits per heavy atom. The highest BCUT2D eigenvalue weighted by atomic mass is 32.1. The number of ether oxygens (including phenoxy) is 1. The lowest BCUT2D eigenvalue weighted by atomic mass is 10.1. The molecule has 0 radical (unpaired) electrons. The van der Waals surface area contributed by atoms with Crippen molar-refractivity contribution in [2.75, 3.05) is 0 Å². The van der Waals surface area contributed by atoms with E-state index in [2.05, 4.69) is 22.7 Å². The summed E-state index contributed by atoms with van der Waals surface area (Å²) in [6.45, 7) is -2.90. The van der Waals surface area contributed by atoms with Gasteiger partial charge in [0, 0.05) is 6.20 Å². The first kappa shape index (κ1) is 10.9. The number of hydrogen-bond donors (Lipinski definition) is 1. The van der Waals surface area contributed by atoms with Crippen LogP contribution in [0.2, 0.25) is 0 Å². The van der Waals surface area contributed by atoms with Gasteiger partial charge in [0.05, 0.1) is 5.56 Å². The lowest BCUT2D eigenvalue weighted by Gasteiger charge is -2.03. The molecule has 6 heteroatoms. The quantitative estimate of drug-likeness (QED) is 0.838. The summed E-state index contributed by atoms with van der Waals surface area (Å²) in [5.41, 5.74) is 1.23. The van der Waals surface area contributed by atoms with E-state index in [4.69, 9.17) is 0 Å². The smallest absolute Gasteiger partial charge is 0.388 e. The van der Waals surface area contributed by atoms with Crippen molar-refractivity contribution in [3.05, 3.63) is 36.5 Å². The predicted octanol–water partition coefficient (Wildman–Crippen LogP) is 2.84. The second-order valence-electron chi connectivity index (χ2n) is 3.01. The molecule has 0 N–H and O–H groups in total. The fourth-order valence-electron chi connectivity index (χ4n) is 1.33. The van der Waals surface area contributed by atoms with Gasteiger partial charge in [0.15, 0.2) is 0 Å². The van der Waals surface area contributed by atoms with Crippen molar-refractivity contribution in [2.45, 2.75) is 6.61 Å². The van der Waals surface area contributed by atoms with Gasteiger partial charge in [0.1, 0.15) is 0 Å². The van der Waals surface area contributed by atoms with Gasteiger partial charge in [-0.25, -0.2) is 4.09 Å². The molecule has 84 valence electrons. The molecule has 0 atom stereocenters. The van der Waals surface area contributed by atoms with Crippen LogP contribution in [-0.4, -0.2) is 15.8 Å². The topological polar surface area (TPSA) is 27.1 Å². The van der Waals surface area contributed by atoms with Crippen LogP contribution in [0.15, 0.2) is 36.5 Å². The van der Waals surface area contributed by atoms with Gasteiger partial charge >= 0.3 is 6.61 Å². The molecule has 0 amide bonds. The Morgan fingerprint density at radius 2 is 1.94 bits per heavy atom. The van der Waals surface area contributed by atoms with Gasteiger partial charge in [-0.2, -0.15) is 8.78 Å². The van der Waals surface area contributed by atoms with Crippen molar-refractivity contribution in [1.29, 1.82) is 0 Å². The van der Waals surface area contributed by atoms with Gasteiger partial charge in [-0.15, -0.1) is 5.10 Å². The first-order valence-corrected chi connectivity index (χ1v) is 4.86. The molecule has 1 aromatic heterocycles. The molecule has 0 aliphatic carbocycles. The van der Waals surface area contributed by atoms with Crippen molar-refractivity contribution in [3.8, 4) is 17.0 Å². The fraction of sp³-hybridized carbons (Fsp3) is 0.100. The molecule has 0 spiro atoms. The molecular formula is C10H8F2N2OS. The fourth-order valence-corrected chi connectivity index (χ4v) is 1.53. The zero-order valence-electron chi connectivity index (χ0n) is 8.05. The van der Waals surface area contributed by atoms with E-state index in [0.29, 0.717) is 5.56 Å². The van der Waals surface area contributed by atoms with E-state index in [1.807, 2.05) is 6.07 Å². The first-order valence-electron chi connectivity index (χ1n) is 4.46. The maximum atomic E-state index is 12.1. The third-order valence-corrected chi connectivity index (χ3v) is 2.16. The molecule has 16 heavy (non-hydrogen) atoms. The number of hydrogen-bond acceptors (Lipinski definition) is 3. The van der Waals surface area contributed by atoms with Gasteiger partial charge in [0.2, 0.25) is 5.88 Å². The Hall–Kier alpha value is -1.56. The zero-order valence-corrected chi connectivity index (χ0v) is 8.94. The molecule has 0 aliphatic rings. The summed E-state index contributed by atoms with van der Waals surface area (Å²) >= 11 is 3.93. The third kappa shape index (κ3) is 2.33.